The Morgan fingerprint density at radius 3 is 2.62 bits per heavy atom. The molecule has 3 N–H and O–H groups in total. The fourth-order valence-corrected chi connectivity index (χ4v) is 4.83. The van der Waals surface area contributed by atoms with Gasteiger partial charge in [-0.25, -0.2) is 14.6 Å². The summed E-state index contributed by atoms with van der Waals surface area (Å²) in [6.45, 7) is 0. The molecular weight excluding hydrogens is 444 g/mol. The molecule has 3 heterocycles. The van der Waals surface area contributed by atoms with Gasteiger partial charge in [-0.05, 0) is 24.3 Å². The Labute approximate surface area is 190 Å². The molecule has 0 aliphatic carbocycles. The molecule has 10 heteroatoms. The minimum atomic E-state index is -0.458. The second-order valence-electron chi connectivity index (χ2n) is 6.87. The van der Waals surface area contributed by atoms with Gasteiger partial charge in [0.15, 0.2) is 10.8 Å². The molecule has 3 aromatic heterocycles. The summed E-state index contributed by atoms with van der Waals surface area (Å²) in [4.78, 5) is 35.8. The average Bonchev–Trinajstić information content (AvgIpc) is 3.46. The number of fused-ring (bicyclic) bond motifs is 1. The van der Waals surface area contributed by atoms with E-state index in [0.717, 1.165) is 22.0 Å². The Morgan fingerprint density at radius 2 is 1.88 bits per heavy atom. The third-order valence-corrected chi connectivity index (χ3v) is 6.59. The molecular formula is C22H16N6O2S2. The lowest BCUT2D eigenvalue weighted by molar-refractivity contribution is 0.100. The van der Waals surface area contributed by atoms with Crippen molar-refractivity contribution in [3.63, 3.8) is 0 Å². The maximum absolute atomic E-state index is 12.5. The van der Waals surface area contributed by atoms with Crippen LogP contribution >= 0.6 is 23.1 Å². The molecule has 0 fully saturated rings. The van der Waals surface area contributed by atoms with Crippen molar-refractivity contribution in [1.82, 2.24) is 24.7 Å². The van der Waals surface area contributed by atoms with E-state index in [9.17, 15) is 9.59 Å². The number of carbonyl (C=O) groups is 1. The summed E-state index contributed by atoms with van der Waals surface area (Å²) in [6, 6.07) is 16.6. The summed E-state index contributed by atoms with van der Waals surface area (Å²) in [5.74, 6) is 0.0870. The van der Waals surface area contributed by atoms with E-state index in [1.165, 1.54) is 29.3 Å². The summed E-state index contributed by atoms with van der Waals surface area (Å²) in [7, 11) is 0. The van der Waals surface area contributed by atoms with Crippen LogP contribution in [0, 0.1) is 0 Å². The third-order valence-electron chi connectivity index (χ3n) is 4.74. The quantitative estimate of drug-likeness (QED) is 0.295. The number of aromatic nitrogens is 5. The molecule has 32 heavy (non-hydrogen) atoms. The number of H-pyrrole nitrogens is 1. The van der Waals surface area contributed by atoms with E-state index in [1.807, 2.05) is 47.8 Å². The number of hydrogen-bond acceptors (Lipinski definition) is 7. The van der Waals surface area contributed by atoms with E-state index in [2.05, 4.69) is 20.1 Å². The highest BCUT2D eigenvalue weighted by Crippen LogP contribution is 2.27. The molecule has 0 radical (unpaired) electrons. The normalized spacial score (nSPS) is 11.1. The Balaban J connectivity index is 1.37. The Bertz CT molecular complexity index is 1470. The van der Waals surface area contributed by atoms with Crippen LogP contribution in [0.1, 0.15) is 16.1 Å². The molecule has 2 aromatic carbocycles. The van der Waals surface area contributed by atoms with Gasteiger partial charge in [-0.15, -0.1) is 11.3 Å². The molecule has 0 aliphatic rings. The van der Waals surface area contributed by atoms with Crippen LogP contribution in [0.5, 0.6) is 0 Å². The zero-order valence-corrected chi connectivity index (χ0v) is 18.2. The van der Waals surface area contributed by atoms with E-state index in [4.69, 9.17) is 5.73 Å². The standard InChI is InChI=1S/C22H16N6O2S2/c23-18(29)13-6-8-14(9-7-13)21-25-15(11-31-21)12-32-22-26-19-17(20(30)27-22)10-24-28(19)16-4-2-1-3-5-16/h1-11H,12H2,(H2,23,29)(H,26,27,30). The van der Waals surface area contributed by atoms with E-state index in [1.54, 1.807) is 16.8 Å². The summed E-state index contributed by atoms with van der Waals surface area (Å²) in [5.41, 5.74) is 8.65. The fourth-order valence-electron chi connectivity index (χ4n) is 3.15. The van der Waals surface area contributed by atoms with Gasteiger partial charge < -0.3 is 10.7 Å². The van der Waals surface area contributed by atoms with E-state index in [0.29, 0.717) is 27.5 Å². The van der Waals surface area contributed by atoms with Gasteiger partial charge >= 0.3 is 0 Å². The predicted molar refractivity (Wildman–Crippen MR) is 125 cm³/mol. The lowest BCUT2D eigenvalue weighted by Crippen LogP contribution is -2.10. The fraction of sp³-hybridized carbons (Fsp3) is 0.0455. The highest BCUT2D eigenvalue weighted by Gasteiger charge is 2.13. The number of thioether (sulfide) groups is 1. The highest BCUT2D eigenvalue weighted by atomic mass is 32.2. The first-order chi connectivity index (χ1) is 15.6. The van der Waals surface area contributed by atoms with Crippen LogP contribution < -0.4 is 11.3 Å². The molecule has 0 saturated heterocycles. The maximum atomic E-state index is 12.5. The molecule has 0 saturated carbocycles. The van der Waals surface area contributed by atoms with Crippen molar-refractivity contribution in [3.05, 3.63) is 87.8 Å². The van der Waals surface area contributed by atoms with Crippen LogP contribution in [0.15, 0.2) is 76.1 Å². The van der Waals surface area contributed by atoms with Gasteiger partial charge in [0, 0.05) is 22.3 Å². The first-order valence-electron chi connectivity index (χ1n) is 9.59. The van der Waals surface area contributed by atoms with Gasteiger partial charge in [-0.3, -0.25) is 9.59 Å². The molecule has 158 valence electrons. The first kappa shape index (κ1) is 20.2. The second-order valence-corrected chi connectivity index (χ2v) is 8.70. The average molecular weight is 461 g/mol. The van der Waals surface area contributed by atoms with Crippen molar-refractivity contribution in [2.75, 3.05) is 0 Å². The van der Waals surface area contributed by atoms with E-state index in [-0.39, 0.29) is 5.56 Å². The zero-order chi connectivity index (χ0) is 22.1. The highest BCUT2D eigenvalue weighted by molar-refractivity contribution is 7.98. The number of benzene rings is 2. The number of primary amides is 1. The minimum absolute atomic E-state index is 0.229. The lowest BCUT2D eigenvalue weighted by atomic mass is 10.1. The predicted octanol–water partition coefficient (Wildman–Crippen LogP) is 3.62. The SMILES string of the molecule is NC(=O)c1ccc(-c2nc(CSc3nc4c(cnn4-c4ccccc4)c(=O)[nH]3)cs2)cc1. The van der Waals surface area contributed by atoms with E-state index >= 15 is 0 Å². The lowest BCUT2D eigenvalue weighted by Gasteiger charge is -2.04. The molecule has 1 amide bonds. The molecule has 0 unspecified atom stereocenters. The van der Waals surface area contributed by atoms with Gasteiger partial charge in [0.25, 0.3) is 5.56 Å². The summed E-state index contributed by atoms with van der Waals surface area (Å²) in [6.07, 6.45) is 1.53. The minimum Gasteiger partial charge on any atom is -0.366 e. The monoisotopic (exact) mass is 460 g/mol. The number of hydrogen-bond donors (Lipinski definition) is 2. The smallest absolute Gasteiger partial charge is 0.262 e. The Hall–Kier alpha value is -3.76. The van der Waals surface area contributed by atoms with Gasteiger partial charge in [0.05, 0.1) is 17.6 Å². The van der Waals surface area contributed by atoms with Gasteiger partial charge in [0.2, 0.25) is 5.91 Å². The Kier molecular flexibility index (Phi) is 5.29. The molecule has 5 aromatic rings. The number of amides is 1. The van der Waals surface area contributed by atoms with Crippen molar-refractivity contribution in [1.29, 1.82) is 0 Å². The molecule has 0 spiro atoms. The van der Waals surface area contributed by atoms with Crippen LogP contribution in [0.3, 0.4) is 0 Å². The summed E-state index contributed by atoms with van der Waals surface area (Å²) >= 11 is 2.91. The van der Waals surface area contributed by atoms with Crippen LogP contribution in [0.25, 0.3) is 27.3 Å². The molecule has 0 aliphatic heterocycles. The van der Waals surface area contributed by atoms with Crippen molar-refractivity contribution in [2.24, 2.45) is 5.73 Å². The van der Waals surface area contributed by atoms with Gasteiger partial charge in [-0.1, -0.05) is 42.1 Å². The van der Waals surface area contributed by atoms with Crippen molar-refractivity contribution in [3.8, 4) is 16.3 Å². The zero-order valence-electron chi connectivity index (χ0n) is 16.6. The Morgan fingerprint density at radius 1 is 1.09 bits per heavy atom. The molecule has 0 bridgehead atoms. The largest absolute Gasteiger partial charge is 0.366 e. The van der Waals surface area contributed by atoms with Crippen LogP contribution in [-0.2, 0) is 5.75 Å². The number of thiazole rings is 1. The maximum Gasteiger partial charge on any atom is 0.262 e. The number of rotatable bonds is 6. The third kappa shape index (κ3) is 3.93. The van der Waals surface area contributed by atoms with Crippen LogP contribution in [-0.4, -0.2) is 30.6 Å². The number of aromatic amines is 1. The topological polar surface area (TPSA) is 120 Å². The van der Waals surface area contributed by atoms with Gasteiger partial charge in [-0.2, -0.15) is 5.10 Å². The van der Waals surface area contributed by atoms with E-state index < -0.39 is 5.91 Å². The van der Waals surface area contributed by atoms with Crippen molar-refractivity contribution >= 4 is 40.0 Å². The number of nitrogens with zero attached hydrogens (tertiary/aromatic N) is 4. The summed E-state index contributed by atoms with van der Waals surface area (Å²) < 4.78 is 1.66. The molecule has 5 rings (SSSR count). The first-order valence-corrected chi connectivity index (χ1v) is 11.5. The second kappa shape index (κ2) is 8.40. The molecule has 8 nitrogen and oxygen atoms in total. The number of nitrogens with one attached hydrogen (secondary N) is 1. The van der Waals surface area contributed by atoms with Crippen LogP contribution in [0.2, 0.25) is 0 Å². The van der Waals surface area contributed by atoms with Crippen LogP contribution in [0.4, 0.5) is 0 Å². The number of para-hydroxylation sites is 1. The van der Waals surface area contributed by atoms with Crippen molar-refractivity contribution < 1.29 is 4.79 Å². The number of nitrogens with two attached hydrogens (primary N) is 1. The number of carbonyl (C=O) groups excluding carboxylic acids is 1. The van der Waals surface area contributed by atoms with Crippen molar-refractivity contribution in [2.45, 2.75) is 10.9 Å². The van der Waals surface area contributed by atoms with Gasteiger partial charge in [0.1, 0.15) is 10.4 Å². The molecule has 0 atom stereocenters. The summed E-state index contributed by atoms with van der Waals surface area (Å²) in [5, 5.41) is 8.07.